The molecule has 0 amide bonds. The van der Waals surface area contributed by atoms with Crippen LogP contribution in [0, 0.1) is 0 Å². The second-order valence-electron chi connectivity index (χ2n) is 8.12. The molecule has 186 valence electrons. The van der Waals surface area contributed by atoms with E-state index in [9.17, 15) is 4.79 Å². The Morgan fingerprint density at radius 1 is 1.12 bits per heavy atom. The molecule has 3 rings (SSSR count). The van der Waals surface area contributed by atoms with Gasteiger partial charge in [-0.25, -0.2) is 9.48 Å². The van der Waals surface area contributed by atoms with Gasteiger partial charge in [0.25, 0.3) is 0 Å². The number of nitrogens with zero attached hydrogens (tertiary/aromatic N) is 3. The van der Waals surface area contributed by atoms with Crippen molar-refractivity contribution in [1.29, 1.82) is 0 Å². The summed E-state index contributed by atoms with van der Waals surface area (Å²) in [6.45, 7) is 9.17. The van der Waals surface area contributed by atoms with Crippen molar-refractivity contribution >= 4 is 23.7 Å². The molecule has 1 aliphatic rings. The lowest BCUT2D eigenvalue weighted by Gasteiger charge is -2.28. The van der Waals surface area contributed by atoms with Crippen LogP contribution in [0.5, 0.6) is 11.5 Å². The van der Waals surface area contributed by atoms with Gasteiger partial charge in [0.05, 0.1) is 25.9 Å². The highest BCUT2D eigenvalue weighted by molar-refractivity contribution is 7.99. The number of unbranched alkanes of at least 4 members (excludes halogenated alkanes) is 3. The zero-order valence-corrected chi connectivity index (χ0v) is 21.7. The van der Waals surface area contributed by atoms with Crippen LogP contribution >= 0.6 is 11.8 Å². The second-order valence-corrected chi connectivity index (χ2v) is 9.35. The molecule has 0 spiro atoms. The number of thioether (sulfide) groups is 1. The molecule has 0 aliphatic carbocycles. The molecule has 0 saturated carbocycles. The van der Waals surface area contributed by atoms with E-state index in [1.165, 1.54) is 0 Å². The average Bonchev–Trinajstić information content (AvgIpc) is 3.23. The first-order valence-electron chi connectivity index (χ1n) is 12.1. The summed E-state index contributed by atoms with van der Waals surface area (Å²) in [6, 6.07) is 5.27. The van der Waals surface area contributed by atoms with Crippen LogP contribution in [0.2, 0.25) is 0 Å². The van der Waals surface area contributed by atoms with Crippen molar-refractivity contribution in [2.75, 3.05) is 31.4 Å². The highest BCUT2D eigenvalue weighted by Gasteiger charge is 2.35. The molecule has 0 fully saturated rings. The number of esters is 1. The molecule has 0 bridgehead atoms. The lowest BCUT2D eigenvalue weighted by molar-refractivity contribution is -0.139. The minimum absolute atomic E-state index is 0.354. The maximum Gasteiger partial charge on any atom is 0.338 e. The van der Waals surface area contributed by atoms with E-state index in [1.54, 1.807) is 23.6 Å². The third-order valence-electron chi connectivity index (χ3n) is 5.57. The number of ether oxygens (including phenoxy) is 3. The Labute approximate surface area is 206 Å². The van der Waals surface area contributed by atoms with Crippen LogP contribution in [0.25, 0.3) is 0 Å². The zero-order chi connectivity index (χ0) is 24.5. The molecule has 1 N–H and O–H groups in total. The molecule has 1 unspecified atom stereocenters. The Bertz CT molecular complexity index is 1000. The number of nitrogens with one attached hydrogen (secondary N) is 1. The fraction of sp³-hybridized carbons (Fsp3) is 0.560. The van der Waals surface area contributed by atoms with Gasteiger partial charge in [0.1, 0.15) is 6.04 Å². The maximum atomic E-state index is 13.2. The highest BCUT2D eigenvalue weighted by Crippen LogP contribution is 2.39. The number of carbonyl (C=O) groups is 1. The zero-order valence-electron chi connectivity index (χ0n) is 20.8. The van der Waals surface area contributed by atoms with Crippen molar-refractivity contribution in [3.63, 3.8) is 0 Å². The highest BCUT2D eigenvalue weighted by atomic mass is 32.2. The third-order valence-corrected chi connectivity index (χ3v) is 6.29. The summed E-state index contributed by atoms with van der Waals surface area (Å²) in [5.41, 5.74) is 2.07. The van der Waals surface area contributed by atoms with Crippen molar-refractivity contribution < 1.29 is 19.0 Å². The van der Waals surface area contributed by atoms with E-state index in [4.69, 9.17) is 19.3 Å². The van der Waals surface area contributed by atoms with Gasteiger partial charge < -0.3 is 19.5 Å². The van der Waals surface area contributed by atoms with Crippen LogP contribution in [0.1, 0.15) is 71.4 Å². The fourth-order valence-electron chi connectivity index (χ4n) is 3.79. The van der Waals surface area contributed by atoms with Crippen molar-refractivity contribution in [1.82, 2.24) is 14.8 Å². The number of hydrogen-bond donors (Lipinski definition) is 1. The Hall–Kier alpha value is -2.68. The summed E-state index contributed by atoms with van der Waals surface area (Å²) >= 11 is 1.55. The average molecular weight is 489 g/mol. The van der Waals surface area contributed by atoms with Crippen LogP contribution in [0.4, 0.5) is 5.95 Å². The van der Waals surface area contributed by atoms with Gasteiger partial charge in [-0.3, -0.25) is 0 Å². The summed E-state index contributed by atoms with van der Waals surface area (Å²) in [7, 11) is 1.62. The Morgan fingerprint density at radius 3 is 2.62 bits per heavy atom. The molecule has 8 nitrogen and oxygen atoms in total. The number of hydrogen-bond acceptors (Lipinski definition) is 8. The van der Waals surface area contributed by atoms with Crippen LogP contribution in [0.15, 0.2) is 34.6 Å². The van der Waals surface area contributed by atoms with E-state index < -0.39 is 6.04 Å². The first-order chi connectivity index (χ1) is 16.5. The van der Waals surface area contributed by atoms with Crippen LogP contribution < -0.4 is 14.8 Å². The van der Waals surface area contributed by atoms with E-state index in [2.05, 4.69) is 31.1 Å². The van der Waals surface area contributed by atoms with E-state index >= 15 is 0 Å². The summed E-state index contributed by atoms with van der Waals surface area (Å²) in [5.74, 6) is 2.40. The quantitative estimate of drug-likeness (QED) is 0.221. The lowest BCUT2D eigenvalue weighted by Crippen LogP contribution is -2.29. The van der Waals surface area contributed by atoms with E-state index in [1.807, 2.05) is 25.1 Å². The van der Waals surface area contributed by atoms with Crippen LogP contribution in [0.3, 0.4) is 0 Å². The van der Waals surface area contributed by atoms with E-state index in [0.717, 1.165) is 43.4 Å². The number of rotatable bonds is 13. The molecule has 9 heteroatoms. The topological polar surface area (TPSA) is 87.5 Å². The van der Waals surface area contributed by atoms with Crippen molar-refractivity contribution in [2.24, 2.45) is 0 Å². The number of methoxy groups -OCH3 is 1. The van der Waals surface area contributed by atoms with Gasteiger partial charge in [0.2, 0.25) is 11.1 Å². The summed E-state index contributed by atoms with van der Waals surface area (Å²) < 4.78 is 19.0. The second kappa shape index (κ2) is 12.7. The van der Waals surface area contributed by atoms with Crippen molar-refractivity contribution in [2.45, 2.75) is 71.0 Å². The van der Waals surface area contributed by atoms with E-state index in [-0.39, 0.29) is 5.97 Å². The first-order valence-corrected chi connectivity index (χ1v) is 13.1. The maximum absolute atomic E-state index is 13.2. The van der Waals surface area contributed by atoms with Gasteiger partial charge in [-0.2, -0.15) is 4.98 Å². The fourth-order valence-corrected chi connectivity index (χ4v) is 4.34. The minimum atomic E-state index is -0.493. The third kappa shape index (κ3) is 6.05. The molecular formula is C25H36N4O4S. The summed E-state index contributed by atoms with van der Waals surface area (Å²) in [6.07, 6.45) is 5.02. The monoisotopic (exact) mass is 488 g/mol. The summed E-state index contributed by atoms with van der Waals surface area (Å²) in [4.78, 5) is 17.8. The predicted molar refractivity (Wildman–Crippen MR) is 135 cm³/mol. The minimum Gasteiger partial charge on any atom is -0.493 e. The molecule has 1 aliphatic heterocycles. The van der Waals surface area contributed by atoms with Gasteiger partial charge in [0.15, 0.2) is 11.5 Å². The molecule has 1 aromatic carbocycles. The predicted octanol–water partition coefficient (Wildman–Crippen LogP) is 5.60. The molecular weight excluding hydrogens is 452 g/mol. The van der Waals surface area contributed by atoms with Crippen molar-refractivity contribution in [3.8, 4) is 11.5 Å². The van der Waals surface area contributed by atoms with E-state index in [0.29, 0.717) is 47.1 Å². The normalized spacial score (nSPS) is 15.0. The van der Waals surface area contributed by atoms with Gasteiger partial charge in [-0.05, 0) is 43.2 Å². The first kappa shape index (κ1) is 25.9. The number of benzene rings is 1. The number of carbonyl (C=O) groups excluding carboxylic acids is 1. The molecule has 1 atom stereocenters. The molecule has 34 heavy (non-hydrogen) atoms. The standard InChI is InChI=1S/C25H36N4O4S/c1-6-9-11-15-32-19-13-12-18(16-20(19)31-5)22-21(23(30)33-14-10-7-2)17(4)26-24-27-25(34-8-3)28-29(22)24/h12-13,16,22H,6-11,14-15H2,1-5H3,(H,26,27,28). The smallest absolute Gasteiger partial charge is 0.338 e. The Morgan fingerprint density at radius 2 is 1.91 bits per heavy atom. The largest absolute Gasteiger partial charge is 0.493 e. The SMILES string of the molecule is CCCCCOc1ccc(C2C(C(=O)OCCCC)=C(C)Nc3nc(SCC)nn32)cc1OC. The van der Waals surface area contributed by atoms with Gasteiger partial charge in [-0.1, -0.05) is 57.9 Å². The number of allylic oxidation sites excluding steroid dienone is 1. The van der Waals surface area contributed by atoms with Crippen LogP contribution in [-0.4, -0.2) is 46.8 Å². The number of fused-ring (bicyclic) bond motifs is 1. The van der Waals surface area contributed by atoms with Gasteiger partial charge >= 0.3 is 5.97 Å². The van der Waals surface area contributed by atoms with Crippen LogP contribution in [-0.2, 0) is 9.53 Å². The molecule has 2 heterocycles. The summed E-state index contributed by atoms with van der Waals surface area (Å²) in [5, 5.41) is 8.60. The Kier molecular flexibility index (Phi) is 9.68. The van der Waals surface area contributed by atoms with Gasteiger partial charge in [0, 0.05) is 5.70 Å². The lowest BCUT2D eigenvalue weighted by atomic mass is 9.95. The molecule has 0 radical (unpaired) electrons. The van der Waals surface area contributed by atoms with Gasteiger partial charge in [-0.15, -0.1) is 5.10 Å². The molecule has 0 saturated heterocycles. The van der Waals surface area contributed by atoms with Crippen molar-refractivity contribution in [3.05, 3.63) is 35.0 Å². The molecule has 1 aromatic heterocycles. The number of aromatic nitrogens is 3. The Balaban J connectivity index is 1.99. The number of anilines is 1. The molecule has 2 aromatic rings.